The molecule has 0 aliphatic carbocycles. The Morgan fingerprint density at radius 1 is 0.604 bits per heavy atom. The van der Waals surface area contributed by atoms with E-state index in [1.165, 1.54) is 33.3 Å². The molecule has 0 unspecified atom stereocenters. The van der Waals surface area contributed by atoms with Crippen molar-refractivity contribution in [2.24, 2.45) is 0 Å². The number of rotatable bonds is 2. The number of furan rings is 1. The van der Waals surface area contributed by atoms with Crippen LogP contribution in [0.4, 0.5) is 34.1 Å². The van der Waals surface area contributed by atoms with Crippen molar-refractivity contribution >= 4 is 68.4 Å². The van der Waals surface area contributed by atoms with Crippen LogP contribution in [0.3, 0.4) is 0 Å². The smallest absolute Gasteiger partial charge is 0.297 e. The van der Waals surface area contributed by atoms with E-state index in [9.17, 15) is 0 Å². The molecular weight excluding hydrogens is 651 g/mol. The van der Waals surface area contributed by atoms with E-state index in [2.05, 4.69) is 171 Å². The fourth-order valence-corrected chi connectivity index (χ4v) is 8.68. The Kier molecular flexibility index (Phi) is 7.13. The second kappa shape index (κ2) is 11.2. The predicted molar refractivity (Wildman–Crippen MR) is 222 cm³/mol. The first kappa shape index (κ1) is 33.7. The van der Waals surface area contributed by atoms with Gasteiger partial charge < -0.3 is 23.7 Å². The maximum atomic E-state index is 7.19. The zero-order valence-electron chi connectivity index (χ0n) is 33.0. The molecule has 0 saturated carbocycles. The Morgan fingerprint density at radius 2 is 1.23 bits per heavy atom. The lowest BCUT2D eigenvalue weighted by molar-refractivity contribution is 0.173. The normalized spacial score (nSPS) is 14.8. The number of nitrogens with zero attached hydrogens (tertiary/aromatic N) is 2. The van der Waals surface area contributed by atoms with Crippen LogP contribution in [0.15, 0.2) is 89.3 Å². The SMILES string of the molecule is Cc1cc2c(c(C)c1N1c3cccc4c3B(c3cc(C(C)(C)C)ccc3N4c3ccc(C(C)(C)C)cc3)c3oc4ccc(C(C)(C)C)cc4c31)OCO2. The summed E-state index contributed by atoms with van der Waals surface area (Å²) in [6, 6.07) is 31.9. The number of anilines is 6. The Labute approximate surface area is 314 Å². The minimum atomic E-state index is -0.116. The van der Waals surface area contributed by atoms with Gasteiger partial charge in [-0.2, -0.15) is 0 Å². The van der Waals surface area contributed by atoms with Crippen molar-refractivity contribution in [2.75, 3.05) is 16.6 Å². The van der Waals surface area contributed by atoms with E-state index in [1.807, 2.05) is 0 Å². The maximum absolute atomic E-state index is 7.19. The van der Waals surface area contributed by atoms with Crippen LogP contribution in [0.25, 0.3) is 11.0 Å². The van der Waals surface area contributed by atoms with E-state index in [1.54, 1.807) is 0 Å². The molecule has 6 heteroatoms. The van der Waals surface area contributed by atoms with Crippen molar-refractivity contribution in [3.05, 3.63) is 113 Å². The van der Waals surface area contributed by atoms with Gasteiger partial charge in [0.15, 0.2) is 11.5 Å². The van der Waals surface area contributed by atoms with Gasteiger partial charge in [-0.05, 0) is 112 Å². The Bertz CT molecular complexity index is 2470. The maximum Gasteiger partial charge on any atom is 0.297 e. The molecule has 53 heavy (non-hydrogen) atoms. The number of benzene rings is 5. The average Bonchev–Trinajstić information content (AvgIpc) is 3.72. The number of fused-ring (bicyclic) bond motifs is 7. The van der Waals surface area contributed by atoms with Crippen molar-refractivity contribution in [3.63, 3.8) is 0 Å². The third kappa shape index (κ3) is 5.05. The first-order valence-electron chi connectivity index (χ1n) is 19.0. The largest absolute Gasteiger partial charge is 0.468 e. The zero-order valence-corrected chi connectivity index (χ0v) is 33.0. The molecule has 0 bridgehead atoms. The van der Waals surface area contributed by atoms with Crippen LogP contribution in [0.5, 0.6) is 11.5 Å². The number of hydrogen-bond donors (Lipinski definition) is 0. The molecule has 3 aliphatic rings. The fraction of sp³-hybridized carbons (Fsp3) is 0.319. The molecule has 0 saturated heterocycles. The number of hydrogen-bond acceptors (Lipinski definition) is 5. The molecule has 5 aromatic carbocycles. The summed E-state index contributed by atoms with van der Waals surface area (Å²) in [7, 11) is 0. The molecule has 6 aromatic rings. The Balaban J connectivity index is 1.39. The summed E-state index contributed by atoms with van der Waals surface area (Å²) in [6.45, 7) is 25.0. The van der Waals surface area contributed by atoms with E-state index >= 15 is 0 Å². The minimum absolute atomic E-state index is 0.0322. The van der Waals surface area contributed by atoms with Crippen LogP contribution in [0.2, 0.25) is 0 Å². The molecule has 0 atom stereocenters. The lowest BCUT2D eigenvalue weighted by Crippen LogP contribution is -2.61. The number of ether oxygens (including phenoxy) is 2. The minimum Gasteiger partial charge on any atom is -0.468 e. The molecule has 0 amide bonds. The van der Waals surface area contributed by atoms with Crippen molar-refractivity contribution in [1.82, 2.24) is 0 Å². The summed E-state index contributed by atoms with van der Waals surface area (Å²) in [4.78, 5) is 4.93. The lowest BCUT2D eigenvalue weighted by atomic mass is 9.35. The van der Waals surface area contributed by atoms with Crippen LogP contribution in [0.1, 0.15) is 90.1 Å². The van der Waals surface area contributed by atoms with Gasteiger partial charge in [0, 0.05) is 33.7 Å². The Hall–Kier alpha value is -5.10. The molecule has 268 valence electrons. The molecule has 0 radical (unpaired) electrons. The van der Waals surface area contributed by atoms with Crippen LogP contribution >= 0.6 is 0 Å². The molecular formula is C47H49BN2O3. The monoisotopic (exact) mass is 700 g/mol. The fourth-order valence-electron chi connectivity index (χ4n) is 8.68. The van der Waals surface area contributed by atoms with Gasteiger partial charge in [-0.1, -0.05) is 98.7 Å². The lowest BCUT2D eigenvalue weighted by Gasteiger charge is -2.43. The first-order valence-corrected chi connectivity index (χ1v) is 19.0. The number of aryl methyl sites for hydroxylation is 1. The third-order valence-electron chi connectivity index (χ3n) is 11.6. The zero-order chi connectivity index (χ0) is 37.4. The van der Waals surface area contributed by atoms with Crippen molar-refractivity contribution < 1.29 is 13.9 Å². The van der Waals surface area contributed by atoms with Crippen LogP contribution in [-0.4, -0.2) is 13.5 Å². The van der Waals surface area contributed by atoms with Crippen molar-refractivity contribution in [3.8, 4) is 11.5 Å². The van der Waals surface area contributed by atoms with Gasteiger partial charge in [0.2, 0.25) is 6.79 Å². The quantitative estimate of drug-likeness (QED) is 0.168. The van der Waals surface area contributed by atoms with Crippen LogP contribution < -0.4 is 35.9 Å². The van der Waals surface area contributed by atoms with Crippen molar-refractivity contribution in [2.45, 2.75) is 92.4 Å². The molecule has 9 rings (SSSR count). The highest BCUT2D eigenvalue weighted by molar-refractivity contribution is 7.00. The Morgan fingerprint density at radius 3 is 1.91 bits per heavy atom. The van der Waals surface area contributed by atoms with Gasteiger partial charge in [0.1, 0.15) is 5.58 Å². The van der Waals surface area contributed by atoms with E-state index in [0.717, 1.165) is 67.7 Å². The van der Waals surface area contributed by atoms with Gasteiger partial charge in [0.25, 0.3) is 6.71 Å². The molecule has 0 spiro atoms. The molecule has 5 nitrogen and oxygen atoms in total. The molecule has 0 fully saturated rings. The highest BCUT2D eigenvalue weighted by atomic mass is 16.7. The second-order valence-corrected chi connectivity index (χ2v) is 18.3. The van der Waals surface area contributed by atoms with Gasteiger partial charge >= 0.3 is 0 Å². The van der Waals surface area contributed by atoms with Crippen LogP contribution in [0, 0.1) is 13.8 Å². The highest BCUT2D eigenvalue weighted by Gasteiger charge is 2.47. The summed E-state index contributed by atoms with van der Waals surface area (Å²) in [6.07, 6.45) is 0. The highest BCUT2D eigenvalue weighted by Crippen LogP contribution is 2.52. The van der Waals surface area contributed by atoms with E-state index in [4.69, 9.17) is 13.9 Å². The summed E-state index contributed by atoms with van der Waals surface area (Å²) in [5, 5.41) is 1.12. The van der Waals surface area contributed by atoms with E-state index in [0.29, 0.717) is 0 Å². The standard InChI is InChI=1S/C47H49BN2O3/c1-27-23-39-43(52-26-51-39)28(2)41(27)50-37-14-12-13-36-40(37)48(44-42(50)33-24-30(46(6,7)8)18-22-38(33)53-44)34-25-31(47(9,10)11)17-21-35(34)49(36)32-19-15-29(16-20-32)45(3,4)5/h12-25H,26H2,1-11H3. The third-order valence-corrected chi connectivity index (χ3v) is 11.6. The molecule has 1 aromatic heterocycles. The van der Waals surface area contributed by atoms with Gasteiger partial charge in [0.05, 0.1) is 17.0 Å². The summed E-state index contributed by atoms with van der Waals surface area (Å²) < 4.78 is 19.2. The summed E-state index contributed by atoms with van der Waals surface area (Å²) in [5.41, 5.74) is 17.3. The molecule has 0 N–H and O–H groups in total. The van der Waals surface area contributed by atoms with E-state index < -0.39 is 0 Å². The van der Waals surface area contributed by atoms with Crippen LogP contribution in [-0.2, 0) is 16.2 Å². The van der Waals surface area contributed by atoms with Crippen molar-refractivity contribution in [1.29, 1.82) is 0 Å². The average molecular weight is 701 g/mol. The van der Waals surface area contributed by atoms with Gasteiger partial charge in [-0.15, -0.1) is 0 Å². The topological polar surface area (TPSA) is 38.1 Å². The molecule has 4 heterocycles. The van der Waals surface area contributed by atoms with Gasteiger partial charge in [-0.25, -0.2) is 0 Å². The molecule has 3 aliphatic heterocycles. The van der Waals surface area contributed by atoms with E-state index in [-0.39, 0.29) is 29.8 Å². The summed E-state index contributed by atoms with van der Waals surface area (Å²) >= 11 is 0. The van der Waals surface area contributed by atoms with Gasteiger partial charge in [-0.3, -0.25) is 0 Å². The predicted octanol–water partition coefficient (Wildman–Crippen LogP) is 10.8. The summed E-state index contributed by atoms with van der Waals surface area (Å²) in [5.74, 6) is 1.61. The second-order valence-electron chi connectivity index (χ2n) is 18.3. The first-order chi connectivity index (χ1) is 25.0.